The Morgan fingerprint density at radius 1 is 0.621 bits per heavy atom. The second-order valence-corrected chi connectivity index (χ2v) is 23.2. The quantitative estimate of drug-likeness (QED) is 0.0579. The van der Waals surface area contributed by atoms with Crippen LogP contribution in [-0.2, 0) is 9.53 Å². The molecule has 5 fully saturated rings. The van der Waals surface area contributed by atoms with E-state index in [1.165, 1.54) is 140 Å². The first-order chi connectivity index (χ1) is 27.6. The molecule has 5 rings (SSSR count). The van der Waals surface area contributed by atoms with Gasteiger partial charge in [-0.25, -0.2) is 0 Å². The third-order valence-electron chi connectivity index (χ3n) is 19.3. The van der Waals surface area contributed by atoms with E-state index in [0.29, 0.717) is 30.1 Å². The van der Waals surface area contributed by atoms with Gasteiger partial charge in [-0.3, -0.25) is 4.79 Å². The Hall–Kier alpha value is -0.870. The van der Waals surface area contributed by atoms with Gasteiger partial charge >= 0.3 is 5.97 Å². The molecule has 2 N–H and O–H groups in total. The molecule has 58 heavy (non-hydrogen) atoms. The fraction of sp³-hybridized carbons (Fsp3) is 0.944. The molecular weight excluding hydrogens is 713 g/mol. The zero-order valence-electron chi connectivity index (χ0n) is 39.8. The maximum atomic E-state index is 13.3. The summed E-state index contributed by atoms with van der Waals surface area (Å²) in [6, 6.07) is 0. The SMILES string of the molecule is C=C(C)C1CCC2(C)CC(O)C3(C)C(CCC4C5(C)CCC(OC(=O)CCCCCCCCCCCCCCCCCCCCCCC)C(C)(C)C5CC(O)C43C)C12. The number of rotatable bonds is 24. The number of hydrogen-bond donors (Lipinski definition) is 2. The first-order valence-electron chi connectivity index (χ1n) is 25.8. The number of allylic oxidation sites excluding steroid dienone is 1. The minimum atomic E-state index is -0.486. The van der Waals surface area contributed by atoms with E-state index in [1.54, 1.807) is 0 Å². The summed E-state index contributed by atoms with van der Waals surface area (Å²) < 4.78 is 6.39. The molecule has 4 heteroatoms. The molecular formula is C54H96O4. The predicted molar refractivity (Wildman–Crippen MR) is 245 cm³/mol. The van der Waals surface area contributed by atoms with Crippen LogP contribution in [0.3, 0.4) is 0 Å². The highest BCUT2D eigenvalue weighted by Gasteiger charge is 2.75. The Morgan fingerprint density at radius 3 is 1.62 bits per heavy atom. The van der Waals surface area contributed by atoms with Crippen LogP contribution in [0.1, 0.15) is 248 Å². The van der Waals surface area contributed by atoms with E-state index < -0.39 is 12.2 Å². The fourth-order valence-electron chi connectivity index (χ4n) is 15.7. The molecule has 0 amide bonds. The Labute approximate surface area is 359 Å². The van der Waals surface area contributed by atoms with Gasteiger partial charge in [-0.1, -0.05) is 189 Å². The molecule has 0 bridgehead atoms. The first-order valence-corrected chi connectivity index (χ1v) is 25.8. The number of esters is 1. The van der Waals surface area contributed by atoms with E-state index in [1.807, 2.05) is 0 Å². The van der Waals surface area contributed by atoms with Gasteiger partial charge in [0.15, 0.2) is 0 Å². The van der Waals surface area contributed by atoms with Crippen LogP contribution in [0.15, 0.2) is 12.2 Å². The molecule has 0 heterocycles. The molecule has 12 atom stereocenters. The molecule has 0 radical (unpaired) electrons. The number of carbonyl (C=O) groups is 1. The lowest BCUT2D eigenvalue weighted by Crippen LogP contribution is -2.73. The second-order valence-electron chi connectivity index (χ2n) is 23.2. The van der Waals surface area contributed by atoms with Gasteiger partial charge in [0.25, 0.3) is 0 Å². The van der Waals surface area contributed by atoms with Crippen LogP contribution in [0, 0.1) is 56.7 Å². The molecule has 0 aliphatic heterocycles. The van der Waals surface area contributed by atoms with E-state index >= 15 is 0 Å². The number of unbranched alkanes of at least 4 members (excludes halogenated alkanes) is 20. The zero-order chi connectivity index (χ0) is 42.2. The number of ether oxygens (including phenoxy) is 1. The lowest BCUT2D eigenvalue weighted by Gasteiger charge is -2.74. The van der Waals surface area contributed by atoms with Crippen LogP contribution in [0.25, 0.3) is 0 Å². The lowest BCUT2D eigenvalue weighted by molar-refractivity contribution is -0.306. The Balaban J connectivity index is 0.987. The molecule has 5 aliphatic carbocycles. The summed E-state index contributed by atoms with van der Waals surface area (Å²) in [5.74, 6) is 2.02. The van der Waals surface area contributed by atoms with Crippen LogP contribution < -0.4 is 0 Å². The van der Waals surface area contributed by atoms with Crippen LogP contribution in [-0.4, -0.2) is 34.5 Å². The third kappa shape index (κ3) is 9.99. The fourth-order valence-corrected chi connectivity index (χ4v) is 15.7. The van der Waals surface area contributed by atoms with Crippen LogP contribution in [0.4, 0.5) is 0 Å². The van der Waals surface area contributed by atoms with Crippen molar-refractivity contribution in [2.45, 2.75) is 266 Å². The maximum Gasteiger partial charge on any atom is 0.306 e. The normalized spacial score (nSPS) is 39.0. The van der Waals surface area contributed by atoms with Crippen molar-refractivity contribution in [3.8, 4) is 0 Å². The second kappa shape index (κ2) is 21.0. The summed E-state index contributed by atoms with van der Waals surface area (Å²) in [4.78, 5) is 13.3. The Morgan fingerprint density at radius 2 is 1.12 bits per heavy atom. The van der Waals surface area contributed by atoms with Crippen LogP contribution in [0.2, 0.25) is 0 Å². The maximum absolute atomic E-state index is 13.3. The summed E-state index contributed by atoms with van der Waals surface area (Å²) >= 11 is 0. The van der Waals surface area contributed by atoms with Gasteiger partial charge in [-0.15, -0.1) is 0 Å². The van der Waals surface area contributed by atoms with Gasteiger partial charge in [0, 0.05) is 22.7 Å². The van der Waals surface area contributed by atoms with Crippen molar-refractivity contribution in [3.05, 3.63) is 12.2 Å². The van der Waals surface area contributed by atoms with Gasteiger partial charge in [-0.2, -0.15) is 0 Å². The van der Waals surface area contributed by atoms with Crippen LogP contribution in [0.5, 0.6) is 0 Å². The van der Waals surface area contributed by atoms with Crippen molar-refractivity contribution in [2.75, 3.05) is 0 Å². The summed E-state index contributed by atoms with van der Waals surface area (Å²) in [5.41, 5.74) is 0.574. The highest BCUT2D eigenvalue weighted by atomic mass is 16.5. The van der Waals surface area contributed by atoms with Crippen molar-refractivity contribution >= 4 is 5.97 Å². The molecule has 0 aromatic carbocycles. The molecule has 5 aliphatic rings. The van der Waals surface area contributed by atoms with Crippen molar-refractivity contribution in [2.24, 2.45) is 56.7 Å². The predicted octanol–water partition coefficient (Wildman–Crippen LogP) is 15.1. The summed E-state index contributed by atoms with van der Waals surface area (Å²) in [7, 11) is 0. The smallest absolute Gasteiger partial charge is 0.306 e. The minimum absolute atomic E-state index is 0.0225. The molecule has 0 aromatic heterocycles. The Bertz CT molecular complexity index is 1290. The van der Waals surface area contributed by atoms with Crippen molar-refractivity contribution < 1.29 is 19.7 Å². The summed E-state index contributed by atoms with van der Waals surface area (Å²) in [6.07, 6.45) is 36.3. The monoisotopic (exact) mass is 809 g/mol. The van der Waals surface area contributed by atoms with E-state index in [-0.39, 0.29) is 45.1 Å². The van der Waals surface area contributed by atoms with Gasteiger partial charge in [0.2, 0.25) is 0 Å². The number of aliphatic hydroxyl groups excluding tert-OH is 2. The number of aliphatic hydroxyl groups is 2. The minimum Gasteiger partial charge on any atom is -0.462 e. The van der Waals surface area contributed by atoms with E-state index in [0.717, 1.165) is 51.4 Å². The van der Waals surface area contributed by atoms with Gasteiger partial charge < -0.3 is 14.9 Å². The van der Waals surface area contributed by atoms with Gasteiger partial charge in [-0.05, 0) is 105 Å². The average Bonchev–Trinajstić information content (AvgIpc) is 3.52. The largest absolute Gasteiger partial charge is 0.462 e. The van der Waals surface area contributed by atoms with Gasteiger partial charge in [0.1, 0.15) is 6.10 Å². The molecule has 336 valence electrons. The summed E-state index contributed by atoms with van der Waals surface area (Å²) in [6.45, 7) is 23.4. The van der Waals surface area contributed by atoms with E-state index in [2.05, 4.69) is 62.0 Å². The zero-order valence-corrected chi connectivity index (χ0v) is 39.8. The lowest BCUT2D eigenvalue weighted by atomic mass is 9.31. The molecule has 12 unspecified atom stereocenters. The van der Waals surface area contributed by atoms with Crippen molar-refractivity contribution in [1.82, 2.24) is 0 Å². The molecule has 5 saturated carbocycles. The van der Waals surface area contributed by atoms with Crippen LogP contribution >= 0.6 is 0 Å². The van der Waals surface area contributed by atoms with E-state index in [9.17, 15) is 15.0 Å². The number of hydrogen-bond acceptors (Lipinski definition) is 4. The number of carbonyl (C=O) groups excluding carboxylic acids is 1. The standard InChI is InChI=1S/C54H96O4/c1-10-11-12-13-14-15-16-17-18-19-20-21-22-23-24-25-26-27-28-29-30-31-48(57)58-47-35-37-52(7)43-33-32-42-49-41(40(2)3)34-36-51(49,6)39-46(56)53(42,8)54(43,9)45(55)38-44(52)50(47,4)5/h41-47,49,55-56H,2,10-39H2,1,3-9H3. The first kappa shape index (κ1) is 48.2. The summed E-state index contributed by atoms with van der Waals surface area (Å²) in [5, 5.41) is 24.8. The third-order valence-corrected chi connectivity index (χ3v) is 19.3. The Kier molecular flexibility index (Phi) is 17.4. The van der Waals surface area contributed by atoms with Crippen molar-refractivity contribution in [1.29, 1.82) is 0 Å². The average molecular weight is 809 g/mol. The van der Waals surface area contributed by atoms with Crippen molar-refractivity contribution in [3.63, 3.8) is 0 Å². The van der Waals surface area contributed by atoms with Gasteiger partial charge in [0.05, 0.1) is 12.2 Å². The molecule has 0 spiro atoms. The topological polar surface area (TPSA) is 66.8 Å². The highest BCUT2D eigenvalue weighted by Crippen LogP contribution is 2.77. The highest BCUT2D eigenvalue weighted by molar-refractivity contribution is 5.69. The van der Waals surface area contributed by atoms with E-state index in [4.69, 9.17) is 4.74 Å². The molecule has 0 saturated heterocycles. The number of fused-ring (bicyclic) bond motifs is 7. The molecule has 4 nitrogen and oxygen atoms in total. The molecule has 0 aromatic rings.